The van der Waals surface area contributed by atoms with Gasteiger partial charge in [-0.15, -0.1) is 0 Å². The normalized spacial score (nSPS) is 22.8. The van der Waals surface area contributed by atoms with Gasteiger partial charge in [0.2, 0.25) is 6.29 Å². The third kappa shape index (κ3) is 3.22. The van der Waals surface area contributed by atoms with Gasteiger partial charge in [0, 0.05) is 6.42 Å². The van der Waals surface area contributed by atoms with Crippen molar-refractivity contribution in [1.82, 2.24) is 0 Å². The summed E-state index contributed by atoms with van der Waals surface area (Å²) in [6.07, 6.45) is 4.41. The monoisotopic (exact) mass is 172 g/mol. The highest BCUT2D eigenvalue weighted by atomic mass is 16.7. The van der Waals surface area contributed by atoms with Crippen molar-refractivity contribution in [3.05, 3.63) is 0 Å². The molecule has 0 aromatic carbocycles. The van der Waals surface area contributed by atoms with Crippen LogP contribution in [0, 0.1) is 0 Å². The molecule has 0 amide bonds. The number of ether oxygens (including phenoxy) is 2. The highest BCUT2D eigenvalue weighted by Gasteiger charge is 2.23. The first-order chi connectivity index (χ1) is 5.83. The minimum absolute atomic E-state index is 0.129. The molecule has 0 aliphatic carbocycles. The molecule has 0 N–H and O–H groups in total. The van der Waals surface area contributed by atoms with Gasteiger partial charge in [-0.3, -0.25) is 4.79 Å². The van der Waals surface area contributed by atoms with Gasteiger partial charge in [-0.1, -0.05) is 19.8 Å². The SMILES string of the molecule is CCCCCOC1CCC(=O)O1. The van der Waals surface area contributed by atoms with Crippen LogP contribution in [0.5, 0.6) is 0 Å². The van der Waals surface area contributed by atoms with Crippen molar-refractivity contribution in [1.29, 1.82) is 0 Å². The fraction of sp³-hybridized carbons (Fsp3) is 0.889. The van der Waals surface area contributed by atoms with E-state index in [1.807, 2.05) is 0 Å². The molecular formula is C9H16O3. The summed E-state index contributed by atoms with van der Waals surface area (Å²) in [4.78, 5) is 10.6. The molecule has 12 heavy (non-hydrogen) atoms. The summed E-state index contributed by atoms with van der Waals surface area (Å²) < 4.78 is 10.2. The fourth-order valence-electron chi connectivity index (χ4n) is 1.18. The van der Waals surface area contributed by atoms with Gasteiger partial charge in [0.05, 0.1) is 13.0 Å². The Morgan fingerprint density at radius 3 is 3.00 bits per heavy atom. The number of carbonyl (C=O) groups is 1. The largest absolute Gasteiger partial charge is 0.436 e. The van der Waals surface area contributed by atoms with Crippen LogP contribution in [0.15, 0.2) is 0 Å². The molecular weight excluding hydrogens is 156 g/mol. The Hall–Kier alpha value is -0.570. The van der Waals surface area contributed by atoms with Gasteiger partial charge in [-0.05, 0) is 6.42 Å². The summed E-state index contributed by atoms with van der Waals surface area (Å²) in [5.74, 6) is -0.129. The van der Waals surface area contributed by atoms with Crippen LogP contribution in [0.1, 0.15) is 39.0 Å². The molecule has 0 bridgehead atoms. The quantitative estimate of drug-likeness (QED) is 0.469. The highest BCUT2D eigenvalue weighted by Crippen LogP contribution is 2.14. The fourth-order valence-corrected chi connectivity index (χ4v) is 1.18. The van der Waals surface area contributed by atoms with Crippen LogP contribution in [0.25, 0.3) is 0 Å². The van der Waals surface area contributed by atoms with E-state index in [9.17, 15) is 4.79 Å². The second-order valence-electron chi connectivity index (χ2n) is 3.04. The Morgan fingerprint density at radius 2 is 2.42 bits per heavy atom. The maximum atomic E-state index is 10.6. The second kappa shape index (κ2) is 5.14. The van der Waals surface area contributed by atoms with E-state index in [1.165, 1.54) is 12.8 Å². The van der Waals surface area contributed by atoms with Crippen molar-refractivity contribution in [3.63, 3.8) is 0 Å². The topological polar surface area (TPSA) is 35.5 Å². The number of carbonyl (C=O) groups excluding carboxylic acids is 1. The van der Waals surface area contributed by atoms with E-state index >= 15 is 0 Å². The van der Waals surface area contributed by atoms with Gasteiger partial charge in [0.1, 0.15) is 0 Å². The Bertz CT molecular complexity index is 145. The van der Waals surface area contributed by atoms with E-state index in [0.29, 0.717) is 13.0 Å². The van der Waals surface area contributed by atoms with Crippen LogP contribution in [-0.4, -0.2) is 18.9 Å². The maximum Gasteiger partial charge on any atom is 0.308 e. The minimum Gasteiger partial charge on any atom is -0.436 e. The van der Waals surface area contributed by atoms with Crippen molar-refractivity contribution >= 4 is 5.97 Å². The molecule has 3 heteroatoms. The maximum absolute atomic E-state index is 10.6. The minimum atomic E-state index is -0.255. The molecule has 1 atom stereocenters. The molecule has 1 saturated heterocycles. The standard InChI is InChI=1S/C9H16O3/c1-2-3-4-7-11-9-6-5-8(10)12-9/h9H,2-7H2,1H3. The predicted octanol–water partition coefficient (Wildman–Crippen LogP) is 1.86. The molecule has 1 aliphatic rings. The molecule has 3 nitrogen and oxygen atoms in total. The smallest absolute Gasteiger partial charge is 0.308 e. The number of hydrogen-bond donors (Lipinski definition) is 0. The number of esters is 1. The van der Waals surface area contributed by atoms with E-state index in [2.05, 4.69) is 6.92 Å². The molecule has 0 saturated carbocycles. The number of unbranched alkanes of at least 4 members (excludes halogenated alkanes) is 2. The first-order valence-corrected chi connectivity index (χ1v) is 4.64. The van der Waals surface area contributed by atoms with Crippen LogP contribution >= 0.6 is 0 Å². The molecule has 1 fully saturated rings. The van der Waals surface area contributed by atoms with Gasteiger partial charge in [-0.2, -0.15) is 0 Å². The summed E-state index contributed by atoms with van der Waals surface area (Å²) >= 11 is 0. The molecule has 0 radical (unpaired) electrons. The zero-order valence-electron chi connectivity index (χ0n) is 7.54. The molecule has 0 aromatic heterocycles. The van der Waals surface area contributed by atoms with Gasteiger partial charge in [0.15, 0.2) is 0 Å². The number of cyclic esters (lactones) is 1. The van der Waals surface area contributed by atoms with Crippen LogP contribution in [-0.2, 0) is 14.3 Å². The Morgan fingerprint density at radius 1 is 1.58 bits per heavy atom. The van der Waals surface area contributed by atoms with Gasteiger partial charge >= 0.3 is 5.97 Å². The summed E-state index contributed by atoms with van der Waals surface area (Å²) in [5.41, 5.74) is 0. The average molecular weight is 172 g/mol. The van der Waals surface area contributed by atoms with Crippen molar-refractivity contribution in [2.75, 3.05) is 6.61 Å². The van der Waals surface area contributed by atoms with E-state index in [1.54, 1.807) is 0 Å². The Kier molecular flexibility index (Phi) is 4.08. The van der Waals surface area contributed by atoms with Gasteiger partial charge in [-0.25, -0.2) is 0 Å². The molecule has 0 spiro atoms. The number of hydrogen-bond acceptors (Lipinski definition) is 3. The van der Waals surface area contributed by atoms with E-state index < -0.39 is 0 Å². The predicted molar refractivity (Wildman–Crippen MR) is 44.6 cm³/mol. The number of rotatable bonds is 5. The molecule has 1 heterocycles. The van der Waals surface area contributed by atoms with E-state index in [0.717, 1.165) is 12.8 Å². The molecule has 1 rings (SSSR count). The summed E-state index contributed by atoms with van der Waals surface area (Å²) in [5, 5.41) is 0. The summed E-state index contributed by atoms with van der Waals surface area (Å²) in [7, 11) is 0. The third-order valence-electron chi connectivity index (χ3n) is 1.90. The van der Waals surface area contributed by atoms with E-state index in [-0.39, 0.29) is 12.3 Å². The first kappa shape index (κ1) is 9.52. The van der Waals surface area contributed by atoms with Gasteiger partial charge < -0.3 is 9.47 Å². The van der Waals surface area contributed by atoms with Crippen LogP contribution in [0.2, 0.25) is 0 Å². The van der Waals surface area contributed by atoms with Gasteiger partial charge in [0.25, 0.3) is 0 Å². The third-order valence-corrected chi connectivity index (χ3v) is 1.90. The van der Waals surface area contributed by atoms with Crippen molar-refractivity contribution in [2.45, 2.75) is 45.3 Å². The highest BCUT2D eigenvalue weighted by molar-refractivity contribution is 5.71. The van der Waals surface area contributed by atoms with Crippen molar-refractivity contribution < 1.29 is 14.3 Å². The first-order valence-electron chi connectivity index (χ1n) is 4.64. The Labute approximate surface area is 73.0 Å². The molecule has 70 valence electrons. The molecule has 1 aliphatic heterocycles. The molecule has 1 unspecified atom stereocenters. The zero-order valence-corrected chi connectivity index (χ0v) is 7.54. The average Bonchev–Trinajstić information content (AvgIpc) is 2.45. The lowest BCUT2D eigenvalue weighted by Gasteiger charge is -2.09. The van der Waals surface area contributed by atoms with Crippen LogP contribution in [0.3, 0.4) is 0 Å². The van der Waals surface area contributed by atoms with Crippen molar-refractivity contribution in [2.24, 2.45) is 0 Å². The lowest BCUT2D eigenvalue weighted by Crippen LogP contribution is -2.12. The van der Waals surface area contributed by atoms with Crippen LogP contribution in [0.4, 0.5) is 0 Å². The lowest BCUT2D eigenvalue weighted by atomic mass is 10.3. The van der Waals surface area contributed by atoms with E-state index in [4.69, 9.17) is 9.47 Å². The van der Waals surface area contributed by atoms with Crippen molar-refractivity contribution in [3.8, 4) is 0 Å². The second-order valence-corrected chi connectivity index (χ2v) is 3.04. The summed E-state index contributed by atoms with van der Waals surface area (Å²) in [6.45, 7) is 2.86. The lowest BCUT2D eigenvalue weighted by molar-refractivity contribution is -0.162. The molecule has 0 aromatic rings. The summed E-state index contributed by atoms with van der Waals surface area (Å²) in [6, 6.07) is 0. The zero-order chi connectivity index (χ0) is 8.81. The Balaban J connectivity index is 1.97. The van der Waals surface area contributed by atoms with Crippen LogP contribution < -0.4 is 0 Å².